The quantitative estimate of drug-likeness (QED) is 0.205. The molecule has 3 aliphatic rings. The molecule has 1 saturated carbocycles. The number of phenols is 1. The molecule has 12 heteroatoms. The van der Waals surface area contributed by atoms with E-state index in [1.165, 1.54) is 18.2 Å². The molecule has 3 aliphatic carbocycles. The van der Waals surface area contributed by atoms with Crippen LogP contribution >= 0.6 is 15.9 Å². The maximum absolute atomic E-state index is 13.8. The number of carbonyl (C=O) groups is 3. The molecule has 1 aromatic carbocycles. The second kappa shape index (κ2) is 8.47. The molecule has 11 nitrogen and oxygen atoms in total. The van der Waals surface area contributed by atoms with Gasteiger partial charge >= 0.3 is 0 Å². The minimum absolute atomic E-state index is 0.0197. The van der Waals surface area contributed by atoms with Gasteiger partial charge in [-0.25, -0.2) is 0 Å². The molecule has 1 fully saturated rings. The first-order valence-electron chi connectivity index (χ1n) is 10.6. The summed E-state index contributed by atoms with van der Waals surface area (Å²) in [5, 5.41) is 48.1. The van der Waals surface area contributed by atoms with Gasteiger partial charge in [0.1, 0.15) is 30.0 Å². The summed E-state index contributed by atoms with van der Waals surface area (Å²) in [6.07, 6.45) is 1.43. The zero-order chi connectivity index (χ0) is 26.0. The van der Waals surface area contributed by atoms with Crippen LogP contribution in [0.3, 0.4) is 0 Å². The van der Waals surface area contributed by atoms with Gasteiger partial charge in [-0.05, 0) is 44.5 Å². The largest absolute Gasteiger partial charge is 0.508 e. The number of phenolic OH excluding ortho intramolecular Hbond substituents is 1. The number of hydrogen-bond acceptors (Lipinski definition) is 10. The number of amides is 1. The van der Waals surface area contributed by atoms with Crippen molar-refractivity contribution in [1.82, 2.24) is 4.90 Å². The zero-order valence-corrected chi connectivity index (χ0v) is 20.7. The summed E-state index contributed by atoms with van der Waals surface area (Å²) in [5.41, 5.74) is 2.24. The van der Waals surface area contributed by atoms with Crippen molar-refractivity contribution in [2.75, 3.05) is 21.2 Å². The highest BCUT2D eigenvalue weighted by Crippen LogP contribution is 2.53. The zero-order valence-electron chi connectivity index (χ0n) is 19.1. The summed E-state index contributed by atoms with van der Waals surface area (Å²) >= 11 is 3.43. The summed E-state index contributed by atoms with van der Waals surface area (Å²) in [4.78, 5) is 44.9. The van der Waals surface area contributed by atoms with Crippen molar-refractivity contribution in [2.24, 2.45) is 22.7 Å². The number of rotatable bonds is 4. The molecule has 0 bridgehead atoms. The third-order valence-corrected chi connectivity index (χ3v) is 7.70. The van der Waals surface area contributed by atoms with Crippen LogP contribution in [0, 0.1) is 11.8 Å². The molecule has 0 aromatic heterocycles. The smallest absolute Gasteiger partial charge is 0.255 e. The van der Waals surface area contributed by atoms with E-state index in [1.807, 2.05) is 0 Å². The Hall–Kier alpha value is -3.22. The van der Waals surface area contributed by atoms with Gasteiger partial charge < -0.3 is 31.0 Å². The lowest BCUT2D eigenvalue weighted by Gasteiger charge is -2.50. The molecule has 4 atom stereocenters. The highest BCUT2D eigenvalue weighted by molar-refractivity contribution is 9.10. The number of ketones is 2. The Labute approximate surface area is 208 Å². The second-order valence-electron chi connectivity index (χ2n) is 9.03. The Balaban J connectivity index is 1.97. The third-order valence-electron chi connectivity index (χ3n) is 6.99. The number of Topliss-reactive ketones (excluding diaryl/α,β-unsaturated/α-hetero) is 2. The van der Waals surface area contributed by atoms with E-state index in [-0.39, 0.29) is 35.3 Å². The summed E-state index contributed by atoms with van der Waals surface area (Å²) in [6, 6.07) is 0.452. The number of halogens is 1. The first kappa shape index (κ1) is 24.9. The van der Waals surface area contributed by atoms with Gasteiger partial charge in [0.05, 0.1) is 17.8 Å². The number of fused-ring (bicyclic) bond motifs is 3. The highest BCUT2D eigenvalue weighted by Gasteiger charge is 2.64. The van der Waals surface area contributed by atoms with Crippen LogP contribution in [0.25, 0.3) is 5.76 Å². The fourth-order valence-electron chi connectivity index (χ4n) is 5.49. The van der Waals surface area contributed by atoms with Crippen LogP contribution < -0.4 is 5.73 Å². The van der Waals surface area contributed by atoms with Crippen LogP contribution in [0.2, 0.25) is 0 Å². The number of carbonyl (C=O) groups excluding carboxylic acids is 3. The van der Waals surface area contributed by atoms with Gasteiger partial charge in [-0.2, -0.15) is 0 Å². The van der Waals surface area contributed by atoms with Crippen molar-refractivity contribution in [3.05, 3.63) is 44.1 Å². The lowest BCUT2D eigenvalue weighted by molar-refractivity contribution is -0.153. The second-order valence-corrected chi connectivity index (χ2v) is 9.88. The highest BCUT2D eigenvalue weighted by atomic mass is 79.9. The molecule has 6 N–H and O–H groups in total. The minimum atomic E-state index is -2.67. The minimum Gasteiger partial charge on any atom is -0.508 e. The van der Waals surface area contributed by atoms with Crippen molar-refractivity contribution >= 4 is 45.4 Å². The Morgan fingerprint density at radius 3 is 2.54 bits per heavy atom. The number of nitrogens with two attached hydrogens (primary N) is 1. The fraction of sp³-hybridized carbons (Fsp3) is 0.391. The van der Waals surface area contributed by atoms with E-state index < -0.39 is 58.0 Å². The van der Waals surface area contributed by atoms with Crippen LogP contribution in [0.5, 0.6) is 5.75 Å². The Morgan fingerprint density at radius 1 is 1.31 bits per heavy atom. The van der Waals surface area contributed by atoms with E-state index in [4.69, 9.17) is 5.73 Å². The van der Waals surface area contributed by atoms with Crippen LogP contribution in [0.15, 0.2) is 32.6 Å². The van der Waals surface area contributed by atoms with Crippen LogP contribution in [-0.4, -0.2) is 81.9 Å². The maximum atomic E-state index is 13.8. The number of nitrogens with zero attached hydrogens (tertiary/aromatic N) is 2. The summed E-state index contributed by atoms with van der Waals surface area (Å²) < 4.78 is 0.532. The van der Waals surface area contributed by atoms with Crippen molar-refractivity contribution in [1.29, 1.82) is 0 Å². The average Bonchev–Trinajstić information content (AvgIpc) is 2.77. The molecule has 0 aliphatic heterocycles. The monoisotopic (exact) mass is 549 g/mol. The first-order chi connectivity index (χ1) is 16.4. The fourth-order valence-corrected chi connectivity index (χ4v) is 6.10. The number of benzene rings is 1. The molecule has 1 amide bonds. The maximum Gasteiger partial charge on any atom is 0.255 e. The summed E-state index contributed by atoms with van der Waals surface area (Å²) in [5.74, 6) is -6.98. The van der Waals surface area contributed by atoms with E-state index in [1.54, 1.807) is 20.2 Å². The first-order valence-corrected chi connectivity index (χ1v) is 11.4. The van der Waals surface area contributed by atoms with E-state index >= 15 is 0 Å². The van der Waals surface area contributed by atoms with Crippen molar-refractivity contribution in [3.63, 3.8) is 0 Å². The van der Waals surface area contributed by atoms with E-state index in [0.717, 1.165) is 0 Å². The standard InChI is InChI=1S/C23H24BrN3O8/c1-27(2)16-11-5-8-4-10-12(24)6-9(7-26-35-3)17(28)14(10)18(29)13(8)20(31)23(11,34)21(32)15(19(16)30)22(25)33/h6-8,11,16,28-29,32,34H,4-5H2,1-3H3,(H2,25,33)/b26-7+/t8-,11-,16-,23-/m0/s1. The van der Waals surface area contributed by atoms with Gasteiger partial charge in [0.2, 0.25) is 5.78 Å². The van der Waals surface area contributed by atoms with Crippen LogP contribution in [0.4, 0.5) is 0 Å². The van der Waals surface area contributed by atoms with Gasteiger partial charge in [-0.1, -0.05) is 21.1 Å². The third kappa shape index (κ3) is 3.39. The normalized spacial score (nSPS) is 28.3. The molecule has 0 heterocycles. The molecule has 0 radical (unpaired) electrons. The Morgan fingerprint density at radius 2 is 1.97 bits per heavy atom. The molecular weight excluding hydrogens is 526 g/mol. The Kier molecular flexibility index (Phi) is 6.02. The molecule has 0 saturated heterocycles. The molecule has 0 unspecified atom stereocenters. The molecule has 0 spiro atoms. The van der Waals surface area contributed by atoms with Gasteiger partial charge in [0.25, 0.3) is 5.91 Å². The van der Waals surface area contributed by atoms with Crippen LogP contribution in [-0.2, 0) is 25.6 Å². The predicted molar refractivity (Wildman–Crippen MR) is 127 cm³/mol. The van der Waals surface area contributed by atoms with Crippen molar-refractivity contribution in [2.45, 2.75) is 24.5 Å². The lowest BCUT2D eigenvalue weighted by atomic mass is 9.57. The van der Waals surface area contributed by atoms with Crippen molar-refractivity contribution < 1.29 is 39.6 Å². The molecule has 1 aromatic rings. The van der Waals surface area contributed by atoms with Gasteiger partial charge in [-0.15, -0.1) is 0 Å². The SMILES string of the molecule is CO/N=C/c1cc(Br)c2c(c1O)C(O)=C1C(=O)[C@]3(O)C(O)=C(C(N)=O)C(=O)[C@@H](N(C)C)[C@@H]3C[C@@H]1C2. The number of aliphatic hydroxyl groups is 3. The molecule has 4 rings (SSSR count). The predicted octanol–water partition coefficient (Wildman–Crippen LogP) is 0.707. The lowest BCUT2D eigenvalue weighted by Crippen LogP contribution is -2.65. The van der Waals surface area contributed by atoms with E-state index in [9.17, 15) is 34.8 Å². The summed E-state index contributed by atoms with van der Waals surface area (Å²) in [6.45, 7) is 0. The number of aliphatic hydroxyl groups excluding tert-OH is 2. The molecular formula is C23H24BrN3O8. The number of hydrogen-bond donors (Lipinski definition) is 5. The number of likely N-dealkylation sites (N-methyl/N-ethyl adjacent to an activating group) is 1. The van der Waals surface area contributed by atoms with Gasteiger partial charge in [0, 0.05) is 21.5 Å². The van der Waals surface area contributed by atoms with E-state index in [0.29, 0.717) is 10.0 Å². The average molecular weight is 550 g/mol. The number of oxime groups is 1. The molecule has 186 valence electrons. The number of aromatic hydroxyl groups is 1. The summed E-state index contributed by atoms with van der Waals surface area (Å²) in [7, 11) is 4.41. The molecule has 35 heavy (non-hydrogen) atoms. The van der Waals surface area contributed by atoms with Gasteiger partial charge in [0.15, 0.2) is 11.4 Å². The number of primary amides is 1. The van der Waals surface area contributed by atoms with Crippen molar-refractivity contribution in [3.8, 4) is 5.75 Å². The van der Waals surface area contributed by atoms with Crippen LogP contribution in [0.1, 0.15) is 23.1 Å². The topological polar surface area (TPSA) is 183 Å². The van der Waals surface area contributed by atoms with E-state index in [2.05, 4.69) is 25.9 Å². The van der Waals surface area contributed by atoms with Gasteiger partial charge in [-0.3, -0.25) is 19.3 Å². The Bertz CT molecular complexity index is 1270.